The van der Waals surface area contributed by atoms with Crippen LogP contribution in [0, 0.1) is 0 Å². The second-order valence-electron chi connectivity index (χ2n) is 6.10. The van der Waals surface area contributed by atoms with Crippen molar-refractivity contribution in [2.24, 2.45) is 0 Å². The molecule has 1 aromatic heterocycles. The molecular weight excluding hydrogens is 495 g/mol. The Morgan fingerprint density at radius 1 is 0.848 bits per heavy atom. The molecule has 0 unspecified atom stereocenters. The Balaban J connectivity index is 2.40. The molecule has 0 atom stereocenters. The average molecular weight is 503 g/mol. The van der Waals surface area contributed by atoms with Gasteiger partial charge in [0.2, 0.25) is 0 Å². The number of hydrogen-bond acceptors (Lipinski definition) is 5. The number of carbonyl (C=O) groups is 2. The van der Waals surface area contributed by atoms with Crippen LogP contribution in [-0.4, -0.2) is 54.6 Å². The molecule has 17 heteroatoms. The molecular formula is C16H8F11NO5. The molecule has 0 aliphatic carbocycles. The van der Waals surface area contributed by atoms with E-state index in [1.54, 1.807) is 0 Å². The van der Waals surface area contributed by atoms with Crippen molar-refractivity contribution in [1.82, 2.24) is 4.98 Å². The molecule has 1 heterocycles. The molecule has 0 saturated carbocycles. The lowest BCUT2D eigenvalue weighted by Crippen LogP contribution is -2.46. The lowest BCUT2D eigenvalue weighted by molar-refractivity contribution is -0.307. The number of carbonyl (C=O) groups excluding carboxylic acids is 2. The van der Waals surface area contributed by atoms with Gasteiger partial charge in [-0.25, -0.2) is 9.59 Å². The zero-order valence-corrected chi connectivity index (χ0v) is 15.5. The minimum Gasteiger partial charge on any atom is -0.493 e. The van der Waals surface area contributed by atoms with Crippen LogP contribution in [0.3, 0.4) is 0 Å². The summed E-state index contributed by atoms with van der Waals surface area (Å²) >= 11 is 0. The van der Waals surface area contributed by atoms with Crippen LogP contribution in [0.15, 0.2) is 18.2 Å². The Bertz CT molecular complexity index is 1040. The van der Waals surface area contributed by atoms with E-state index in [1.165, 1.54) is 0 Å². The van der Waals surface area contributed by atoms with E-state index >= 15 is 0 Å². The zero-order chi connectivity index (χ0) is 25.6. The van der Waals surface area contributed by atoms with E-state index in [0.717, 1.165) is 13.2 Å². The third-order valence-electron chi connectivity index (χ3n) is 3.76. The van der Waals surface area contributed by atoms with Crippen LogP contribution in [-0.2, 0) is 9.53 Å². The Kier molecular flexibility index (Phi) is 6.50. The highest BCUT2D eigenvalue weighted by molar-refractivity contribution is 5.96. The van der Waals surface area contributed by atoms with Crippen LogP contribution in [0.1, 0.15) is 10.5 Å². The third-order valence-corrected chi connectivity index (χ3v) is 3.76. The molecule has 2 rings (SSSR count). The van der Waals surface area contributed by atoms with Crippen LogP contribution in [0.5, 0.6) is 11.5 Å². The number of methoxy groups -OCH3 is 1. The first-order valence-electron chi connectivity index (χ1n) is 8.01. The lowest BCUT2D eigenvalue weighted by Gasteiger charge is -2.22. The summed E-state index contributed by atoms with van der Waals surface area (Å²) in [7, 11) is 0.857. The average Bonchev–Trinajstić information content (AvgIpc) is 3.05. The maximum atomic E-state index is 13.1. The normalized spacial score (nSPS) is 13.4. The monoisotopic (exact) mass is 503 g/mol. The van der Waals surface area contributed by atoms with Crippen molar-refractivity contribution in [3.05, 3.63) is 23.9 Å². The quantitative estimate of drug-likeness (QED) is 0.356. The fourth-order valence-electron chi connectivity index (χ4n) is 2.26. The summed E-state index contributed by atoms with van der Waals surface area (Å²) in [6.07, 6.45) is -22.8. The van der Waals surface area contributed by atoms with Gasteiger partial charge in [0.1, 0.15) is 5.69 Å². The van der Waals surface area contributed by atoms with Crippen LogP contribution in [0.25, 0.3) is 10.9 Å². The number of alkyl halides is 11. The summed E-state index contributed by atoms with van der Waals surface area (Å²) in [6.45, 7) is 0. The first-order chi connectivity index (χ1) is 14.8. The van der Waals surface area contributed by atoms with Crippen LogP contribution < -0.4 is 9.47 Å². The summed E-state index contributed by atoms with van der Waals surface area (Å²) in [5.74, 6) is -12.8. The van der Waals surface area contributed by atoms with Gasteiger partial charge in [0, 0.05) is 11.5 Å². The topological polar surface area (TPSA) is 77.6 Å². The van der Waals surface area contributed by atoms with Crippen LogP contribution in [0.2, 0.25) is 0 Å². The van der Waals surface area contributed by atoms with Crippen LogP contribution >= 0.6 is 0 Å². The van der Waals surface area contributed by atoms with Crippen molar-refractivity contribution in [3.63, 3.8) is 0 Å². The smallest absolute Gasteiger partial charge is 0.465 e. The van der Waals surface area contributed by atoms with Gasteiger partial charge >= 0.3 is 36.4 Å². The zero-order valence-electron chi connectivity index (χ0n) is 15.5. The number of halogens is 11. The molecule has 0 saturated heterocycles. The molecule has 0 radical (unpaired) electrons. The van der Waals surface area contributed by atoms with Crippen molar-refractivity contribution in [2.75, 3.05) is 7.11 Å². The van der Waals surface area contributed by atoms with E-state index < -0.39 is 59.7 Å². The number of aromatic amines is 1. The number of hydrogen-bond donors (Lipinski definition) is 1. The molecule has 1 aromatic carbocycles. The van der Waals surface area contributed by atoms with Crippen molar-refractivity contribution < 1.29 is 72.1 Å². The number of aromatic nitrogens is 1. The summed E-state index contributed by atoms with van der Waals surface area (Å²) in [5, 5.41) is -0.364. The molecule has 0 aliphatic heterocycles. The van der Waals surface area contributed by atoms with Gasteiger partial charge in [-0.15, -0.1) is 0 Å². The molecule has 33 heavy (non-hydrogen) atoms. The Labute approximate surface area is 174 Å². The molecule has 0 aliphatic rings. The molecule has 6 nitrogen and oxygen atoms in total. The summed E-state index contributed by atoms with van der Waals surface area (Å²) in [4.78, 5) is 25.1. The largest absolute Gasteiger partial charge is 0.493 e. The van der Waals surface area contributed by atoms with Gasteiger partial charge in [-0.2, -0.15) is 48.3 Å². The number of nitrogens with one attached hydrogen (secondary N) is 1. The summed E-state index contributed by atoms with van der Waals surface area (Å²) in [6, 6.07) is 1.89. The minimum absolute atomic E-state index is 0.281. The molecule has 0 fully saturated rings. The van der Waals surface area contributed by atoms with E-state index in [9.17, 15) is 57.9 Å². The maximum absolute atomic E-state index is 13.1. The van der Waals surface area contributed by atoms with Gasteiger partial charge < -0.3 is 19.2 Å². The molecule has 0 spiro atoms. The fraction of sp³-hybridized carbons (Fsp3) is 0.375. The standard InChI is InChI=1S/C16H8F11NO5/c1-31-8-4-6-5(3-9(8)32-12(30)13(17,18)16(25,26)27)2-7(28-6)10(29)33-11(14(19,20)21)15(22,23)24/h2-4,11,28H,1H3. The molecule has 0 amide bonds. The van der Waals surface area contributed by atoms with E-state index in [-0.39, 0.29) is 10.9 Å². The highest BCUT2D eigenvalue weighted by Crippen LogP contribution is 2.40. The summed E-state index contributed by atoms with van der Waals surface area (Å²) < 4.78 is 150. The van der Waals surface area contributed by atoms with Gasteiger partial charge in [0.15, 0.2) is 11.5 Å². The van der Waals surface area contributed by atoms with E-state index in [4.69, 9.17) is 0 Å². The third kappa shape index (κ3) is 5.39. The number of esters is 2. The number of fused-ring (bicyclic) bond motifs is 1. The van der Waals surface area contributed by atoms with E-state index in [1.807, 2.05) is 0 Å². The van der Waals surface area contributed by atoms with E-state index in [2.05, 4.69) is 19.2 Å². The highest BCUT2D eigenvalue weighted by atomic mass is 19.4. The van der Waals surface area contributed by atoms with Crippen molar-refractivity contribution >= 4 is 22.8 Å². The molecule has 184 valence electrons. The van der Waals surface area contributed by atoms with Gasteiger partial charge in [-0.3, -0.25) is 0 Å². The number of H-pyrrole nitrogens is 1. The molecule has 1 N–H and O–H groups in total. The van der Waals surface area contributed by atoms with Gasteiger partial charge in [0.25, 0.3) is 6.10 Å². The van der Waals surface area contributed by atoms with Gasteiger partial charge in [-0.05, 0) is 12.1 Å². The first-order valence-corrected chi connectivity index (χ1v) is 8.01. The van der Waals surface area contributed by atoms with Crippen molar-refractivity contribution in [2.45, 2.75) is 30.6 Å². The molecule has 2 aromatic rings. The van der Waals surface area contributed by atoms with Gasteiger partial charge in [0.05, 0.1) is 12.6 Å². The van der Waals surface area contributed by atoms with Crippen molar-refractivity contribution in [1.29, 1.82) is 0 Å². The number of rotatable bonds is 5. The predicted octanol–water partition coefficient (Wildman–Crippen LogP) is 4.93. The fourth-order valence-corrected chi connectivity index (χ4v) is 2.26. The minimum atomic E-state index is -6.31. The number of benzene rings is 1. The van der Waals surface area contributed by atoms with Crippen molar-refractivity contribution in [3.8, 4) is 11.5 Å². The highest BCUT2D eigenvalue weighted by Gasteiger charge is 2.65. The maximum Gasteiger partial charge on any atom is 0.465 e. The Morgan fingerprint density at radius 3 is 1.85 bits per heavy atom. The Morgan fingerprint density at radius 2 is 1.39 bits per heavy atom. The van der Waals surface area contributed by atoms with Crippen LogP contribution in [0.4, 0.5) is 48.3 Å². The SMILES string of the molecule is COc1cc2[nH]c(C(=O)OC(C(F)(F)F)C(F)(F)F)cc2cc1OC(=O)C(F)(F)C(F)(F)F. The first kappa shape index (κ1) is 26.0. The van der Waals surface area contributed by atoms with E-state index in [0.29, 0.717) is 12.1 Å². The summed E-state index contributed by atoms with van der Waals surface area (Å²) in [5.41, 5.74) is -1.27. The second kappa shape index (κ2) is 8.26. The number of ether oxygens (including phenoxy) is 3. The predicted molar refractivity (Wildman–Crippen MR) is 82.8 cm³/mol. The molecule has 0 bridgehead atoms. The second-order valence-corrected chi connectivity index (χ2v) is 6.10. The lowest BCUT2D eigenvalue weighted by atomic mass is 10.2. The van der Waals surface area contributed by atoms with Gasteiger partial charge in [-0.1, -0.05) is 0 Å². The Hall–Kier alpha value is -3.27.